The average Bonchev–Trinajstić information content (AvgIpc) is 2.74. The van der Waals surface area contributed by atoms with Crippen molar-refractivity contribution in [2.75, 3.05) is 14.2 Å². The highest BCUT2D eigenvalue weighted by atomic mass is 32.1. The molecule has 0 aliphatic rings. The lowest BCUT2D eigenvalue weighted by Crippen LogP contribution is -2.01. The molecule has 1 aromatic carbocycles. The van der Waals surface area contributed by atoms with Gasteiger partial charge in [0.15, 0.2) is 0 Å². The van der Waals surface area contributed by atoms with E-state index < -0.39 is 0 Å². The summed E-state index contributed by atoms with van der Waals surface area (Å²) in [5, 5.41) is 0. The maximum atomic E-state index is 11.3. The van der Waals surface area contributed by atoms with Gasteiger partial charge in [0, 0.05) is 0 Å². The third-order valence-electron chi connectivity index (χ3n) is 2.04. The maximum absolute atomic E-state index is 11.3. The maximum Gasteiger partial charge on any atom is 0.338 e. The Balaban J connectivity index is 2.63. The van der Waals surface area contributed by atoms with Crippen molar-refractivity contribution in [2.45, 2.75) is 0 Å². The molecule has 0 saturated carbocycles. The van der Waals surface area contributed by atoms with Crippen molar-refractivity contribution in [1.29, 1.82) is 0 Å². The second-order valence-corrected chi connectivity index (χ2v) is 3.73. The number of aromatic nitrogens is 1. The van der Waals surface area contributed by atoms with E-state index in [2.05, 4.69) is 9.72 Å². The fourth-order valence-electron chi connectivity index (χ4n) is 1.33. The summed E-state index contributed by atoms with van der Waals surface area (Å²) in [7, 11) is 2.91. The Bertz CT molecular complexity index is 506. The second kappa shape index (κ2) is 3.86. The summed E-state index contributed by atoms with van der Waals surface area (Å²) < 4.78 is 10.8. The number of hydrogen-bond donors (Lipinski definition) is 0. The minimum atomic E-state index is -0.386. The molecule has 0 bridgehead atoms. The van der Waals surface area contributed by atoms with E-state index >= 15 is 0 Å². The summed E-state index contributed by atoms with van der Waals surface area (Å²) >= 11 is 1.48. The average molecular weight is 223 g/mol. The van der Waals surface area contributed by atoms with Crippen LogP contribution in [0.4, 0.5) is 0 Å². The zero-order chi connectivity index (χ0) is 10.8. The van der Waals surface area contributed by atoms with E-state index in [1.165, 1.54) is 18.4 Å². The number of thiazole rings is 1. The molecule has 2 aromatic rings. The van der Waals surface area contributed by atoms with E-state index in [0.29, 0.717) is 11.3 Å². The molecular weight excluding hydrogens is 214 g/mol. The molecule has 0 fully saturated rings. The lowest BCUT2D eigenvalue weighted by Gasteiger charge is -2.03. The first kappa shape index (κ1) is 9.92. The standard InChI is InChI=1S/C10H9NO3S/c1-13-8-4-6(10(12)14-2)3-7-9(8)15-5-11-7/h3-5H,1-2H3. The zero-order valence-electron chi connectivity index (χ0n) is 8.31. The van der Waals surface area contributed by atoms with Gasteiger partial charge in [-0.3, -0.25) is 0 Å². The van der Waals surface area contributed by atoms with Gasteiger partial charge in [0.1, 0.15) is 5.75 Å². The van der Waals surface area contributed by atoms with E-state index in [-0.39, 0.29) is 5.97 Å². The minimum absolute atomic E-state index is 0.386. The molecule has 0 atom stereocenters. The van der Waals surface area contributed by atoms with Crippen LogP contribution < -0.4 is 4.74 Å². The van der Waals surface area contributed by atoms with Gasteiger partial charge in [-0.05, 0) is 12.1 Å². The number of carbonyl (C=O) groups is 1. The first-order valence-electron chi connectivity index (χ1n) is 4.26. The van der Waals surface area contributed by atoms with E-state index in [4.69, 9.17) is 4.74 Å². The Labute approximate surface area is 90.5 Å². The molecule has 0 aliphatic heterocycles. The molecule has 15 heavy (non-hydrogen) atoms. The lowest BCUT2D eigenvalue weighted by molar-refractivity contribution is 0.0600. The molecule has 1 heterocycles. The number of fused-ring (bicyclic) bond motifs is 1. The fraction of sp³-hybridized carbons (Fsp3) is 0.200. The zero-order valence-corrected chi connectivity index (χ0v) is 9.13. The van der Waals surface area contributed by atoms with Crippen molar-refractivity contribution in [3.8, 4) is 5.75 Å². The van der Waals surface area contributed by atoms with Gasteiger partial charge in [0.05, 0.1) is 35.5 Å². The molecule has 0 N–H and O–H groups in total. The highest BCUT2D eigenvalue weighted by Crippen LogP contribution is 2.30. The van der Waals surface area contributed by atoms with E-state index in [0.717, 1.165) is 10.2 Å². The molecule has 0 unspecified atom stereocenters. The van der Waals surface area contributed by atoms with Crippen LogP contribution in [0.3, 0.4) is 0 Å². The minimum Gasteiger partial charge on any atom is -0.495 e. The summed E-state index contributed by atoms with van der Waals surface area (Å²) in [6.07, 6.45) is 0. The molecule has 2 rings (SSSR count). The number of ether oxygens (including phenoxy) is 2. The Kier molecular flexibility index (Phi) is 2.55. The number of nitrogens with zero attached hydrogens (tertiary/aromatic N) is 1. The number of carbonyl (C=O) groups excluding carboxylic acids is 1. The molecule has 4 nitrogen and oxygen atoms in total. The van der Waals surface area contributed by atoms with E-state index in [1.807, 2.05) is 0 Å². The number of hydrogen-bond acceptors (Lipinski definition) is 5. The number of rotatable bonds is 2. The van der Waals surface area contributed by atoms with Crippen molar-refractivity contribution >= 4 is 27.5 Å². The van der Waals surface area contributed by atoms with Crippen LogP contribution in [-0.2, 0) is 4.74 Å². The van der Waals surface area contributed by atoms with Crippen LogP contribution in [-0.4, -0.2) is 25.2 Å². The predicted octanol–water partition coefficient (Wildman–Crippen LogP) is 2.09. The fourth-order valence-corrected chi connectivity index (χ4v) is 2.09. The summed E-state index contributed by atoms with van der Waals surface area (Å²) in [6.45, 7) is 0. The summed E-state index contributed by atoms with van der Waals surface area (Å²) in [5.74, 6) is 0.263. The third kappa shape index (κ3) is 1.66. The normalized spacial score (nSPS) is 10.3. The molecule has 0 saturated heterocycles. The van der Waals surface area contributed by atoms with Crippen molar-refractivity contribution in [1.82, 2.24) is 4.98 Å². The van der Waals surface area contributed by atoms with Crippen LogP contribution >= 0.6 is 11.3 Å². The third-order valence-corrected chi connectivity index (χ3v) is 2.90. The predicted molar refractivity (Wildman–Crippen MR) is 57.5 cm³/mol. The second-order valence-electron chi connectivity index (χ2n) is 2.87. The smallest absolute Gasteiger partial charge is 0.338 e. The van der Waals surface area contributed by atoms with Gasteiger partial charge in [-0.25, -0.2) is 9.78 Å². The molecular formula is C10H9NO3S. The van der Waals surface area contributed by atoms with Crippen molar-refractivity contribution in [3.05, 3.63) is 23.2 Å². The quantitative estimate of drug-likeness (QED) is 0.731. The van der Waals surface area contributed by atoms with Gasteiger partial charge in [0.25, 0.3) is 0 Å². The highest BCUT2D eigenvalue weighted by Gasteiger charge is 2.12. The van der Waals surface area contributed by atoms with Crippen molar-refractivity contribution in [3.63, 3.8) is 0 Å². The van der Waals surface area contributed by atoms with Crippen molar-refractivity contribution in [2.24, 2.45) is 0 Å². The highest BCUT2D eigenvalue weighted by molar-refractivity contribution is 7.17. The first-order valence-corrected chi connectivity index (χ1v) is 5.13. The molecule has 0 amide bonds. The number of benzene rings is 1. The van der Waals surface area contributed by atoms with Gasteiger partial charge in [-0.2, -0.15) is 0 Å². The van der Waals surface area contributed by atoms with Crippen molar-refractivity contribution < 1.29 is 14.3 Å². The number of esters is 1. The monoisotopic (exact) mass is 223 g/mol. The van der Waals surface area contributed by atoms with E-state index in [1.54, 1.807) is 24.8 Å². The largest absolute Gasteiger partial charge is 0.495 e. The van der Waals surface area contributed by atoms with Gasteiger partial charge >= 0.3 is 5.97 Å². The van der Waals surface area contributed by atoms with Gasteiger partial charge < -0.3 is 9.47 Å². The Morgan fingerprint density at radius 1 is 1.40 bits per heavy atom. The van der Waals surface area contributed by atoms with Gasteiger partial charge in [0.2, 0.25) is 0 Å². The molecule has 78 valence electrons. The van der Waals surface area contributed by atoms with Crippen LogP contribution in [0.25, 0.3) is 10.2 Å². The lowest BCUT2D eigenvalue weighted by atomic mass is 10.2. The molecule has 0 spiro atoms. The van der Waals surface area contributed by atoms with Crippen LogP contribution in [0.2, 0.25) is 0 Å². The molecule has 1 aromatic heterocycles. The van der Waals surface area contributed by atoms with Crippen LogP contribution in [0.1, 0.15) is 10.4 Å². The van der Waals surface area contributed by atoms with Crippen LogP contribution in [0.5, 0.6) is 5.75 Å². The van der Waals surface area contributed by atoms with Crippen LogP contribution in [0.15, 0.2) is 17.6 Å². The SMILES string of the molecule is COC(=O)c1cc(OC)c2scnc2c1. The number of methoxy groups -OCH3 is 2. The summed E-state index contributed by atoms with van der Waals surface area (Å²) in [6, 6.07) is 3.35. The topological polar surface area (TPSA) is 48.4 Å². The van der Waals surface area contributed by atoms with Crippen LogP contribution in [0, 0.1) is 0 Å². The van der Waals surface area contributed by atoms with Gasteiger partial charge in [-0.15, -0.1) is 11.3 Å². The Morgan fingerprint density at radius 3 is 2.87 bits per heavy atom. The summed E-state index contributed by atoms with van der Waals surface area (Å²) in [4.78, 5) is 15.5. The van der Waals surface area contributed by atoms with Gasteiger partial charge in [-0.1, -0.05) is 0 Å². The molecule has 0 aliphatic carbocycles. The Hall–Kier alpha value is -1.62. The molecule has 0 radical (unpaired) electrons. The first-order chi connectivity index (χ1) is 7.26. The molecule has 5 heteroatoms. The Morgan fingerprint density at radius 2 is 2.20 bits per heavy atom. The summed E-state index contributed by atoms with van der Waals surface area (Å²) in [5.41, 5.74) is 2.92. The van der Waals surface area contributed by atoms with E-state index in [9.17, 15) is 4.79 Å².